The summed E-state index contributed by atoms with van der Waals surface area (Å²) in [5.74, 6) is 0.900. The third-order valence-corrected chi connectivity index (χ3v) is 3.71. The molecule has 1 saturated heterocycles. The number of likely N-dealkylation sites (tertiary alicyclic amines) is 1. The Morgan fingerprint density at radius 3 is 2.44 bits per heavy atom. The predicted octanol–water partition coefficient (Wildman–Crippen LogP) is 0.994. The molecule has 16 heavy (non-hydrogen) atoms. The van der Waals surface area contributed by atoms with E-state index in [0.717, 1.165) is 18.0 Å². The summed E-state index contributed by atoms with van der Waals surface area (Å²) in [5.41, 5.74) is 2.41. The van der Waals surface area contributed by atoms with Crippen LogP contribution in [-0.2, 0) is 13.2 Å². The zero-order chi connectivity index (χ0) is 11.4. The van der Waals surface area contributed by atoms with Crippen LogP contribution < -0.4 is 4.90 Å². The fourth-order valence-corrected chi connectivity index (χ4v) is 2.50. The van der Waals surface area contributed by atoms with Gasteiger partial charge in [0, 0.05) is 5.56 Å². The van der Waals surface area contributed by atoms with E-state index in [4.69, 9.17) is 0 Å². The van der Waals surface area contributed by atoms with E-state index in [1.807, 2.05) is 12.1 Å². The highest BCUT2D eigenvalue weighted by atomic mass is 16.3. The summed E-state index contributed by atoms with van der Waals surface area (Å²) in [5, 5.41) is 9.28. The summed E-state index contributed by atoms with van der Waals surface area (Å²) in [7, 11) is 0. The first-order chi connectivity index (χ1) is 7.79. The summed E-state index contributed by atoms with van der Waals surface area (Å²) in [6.07, 6.45) is 2.69. The summed E-state index contributed by atoms with van der Waals surface area (Å²) >= 11 is 0. The minimum atomic E-state index is 0.167. The van der Waals surface area contributed by atoms with Crippen LogP contribution >= 0.6 is 0 Å². The van der Waals surface area contributed by atoms with Crippen LogP contribution in [0, 0.1) is 5.92 Å². The molecular formula is C14H22NO+. The number of benzene rings is 1. The van der Waals surface area contributed by atoms with Crippen molar-refractivity contribution in [3.8, 4) is 0 Å². The minimum Gasteiger partial charge on any atom is -0.392 e. The second-order valence-corrected chi connectivity index (χ2v) is 5.04. The van der Waals surface area contributed by atoms with Crippen LogP contribution in [0.5, 0.6) is 0 Å². The first kappa shape index (κ1) is 11.6. The van der Waals surface area contributed by atoms with Crippen molar-refractivity contribution >= 4 is 0 Å². The van der Waals surface area contributed by atoms with Gasteiger partial charge in [-0.3, -0.25) is 0 Å². The van der Waals surface area contributed by atoms with Gasteiger partial charge >= 0.3 is 0 Å². The van der Waals surface area contributed by atoms with Crippen LogP contribution in [0.4, 0.5) is 0 Å². The largest absolute Gasteiger partial charge is 0.392 e. The van der Waals surface area contributed by atoms with Crippen LogP contribution in [0.1, 0.15) is 30.9 Å². The number of rotatable bonds is 3. The quantitative estimate of drug-likeness (QED) is 0.780. The molecule has 88 valence electrons. The van der Waals surface area contributed by atoms with E-state index >= 15 is 0 Å². The lowest BCUT2D eigenvalue weighted by Gasteiger charge is -2.27. The molecule has 1 aromatic rings. The van der Waals surface area contributed by atoms with Gasteiger partial charge in [-0.25, -0.2) is 0 Å². The van der Waals surface area contributed by atoms with Gasteiger partial charge in [-0.15, -0.1) is 0 Å². The number of hydrogen-bond donors (Lipinski definition) is 2. The smallest absolute Gasteiger partial charge is 0.103 e. The molecule has 0 aliphatic carbocycles. The van der Waals surface area contributed by atoms with Gasteiger partial charge < -0.3 is 10.0 Å². The van der Waals surface area contributed by atoms with E-state index in [0.29, 0.717) is 0 Å². The molecule has 2 heteroatoms. The number of piperidine rings is 1. The maximum absolute atomic E-state index is 9.28. The molecule has 0 atom stereocenters. The van der Waals surface area contributed by atoms with E-state index in [1.165, 1.54) is 31.5 Å². The average molecular weight is 220 g/mol. The van der Waals surface area contributed by atoms with Gasteiger partial charge in [0.25, 0.3) is 0 Å². The van der Waals surface area contributed by atoms with Crippen molar-refractivity contribution in [1.29, 1.82) is 0 Å². The molecule has 0 amide bonds. The fraction of sp³-hybridized carbons (Fsp3) is 0.571. The summed E-state index contributed by atoms with van der Waals surface area (Å²) in [6.45, 7) is 6.14. The van der Waals surface area contributed by atoms with Crippen LogP contribution in [0.2, 0.25) is 0 Å². The Bertz CT molecular complexity index is 329. The molecular weight excluding hydrogens is 198 g/mol. The number of quaternary nitrogens is 1. The van der Waals surface area contributed by atoms with E-state index < -0.39 is 0 Å². The molecule has 1 fully saturated rings. The fourth-order valence-electron chi connectivity index (χ4n) is 2.50. The molecule has 0 saturated carbocycles. The van der Waals surface area contributed by atoms with Gasteiger partial charge in [-0.05, 0) is 24.3 Å². The molecule has 1 heterocycles. The molecule has 0 aromatic heterocycles. The second kappa shape index (κ2) is 5.46. The molecule has 2 N–H and O–H groups in total. The summed E-state index contributed by atoms with van der Waals surface area (Å²) in [6, 6.07) is 8.25. The van der Waals surface area contributed by atoms with Crippen LogP contribution in [-0.4, -0.2) is 18.2 Å². The number of aliphatic hydroxyl groups excluding tert-OH is 1. The standard InChI is InChI=1S/C14H21NO/c1-12-6-8-15(9-7-12)10-13-4-2-3-5-14(13)11-16/h2-5,12,16H,6-11H2,1H3/p+1. The van der Waals surface area contributed by atoms with E-state index in [1.54, 1.807) is 4.90 Å². The van der Waals surface area contributed by atoms with Crippen LogP contribution in [0.25, 0.3) is 0 Å². The lowest BCUT2D eigenvalue weighted by Crippen LogP contribution is -3.11. The van der Waals surface area contributed by atoms with Gasteiger partial charge in [0.1, 0.15) is 6.54 Å². The van der Waals surface area contributed by atoms with Crippen molar-refractivity contribution in [2.24, 2.45) is 5.92 Å². The van der Waals surface area contributed by atoms with Gasteiger partial charge in [0.15, 0.2) is 0 Å². The lowest BCUT2D eigenvalue weighted by atomic mass is 9.98. The normalized spacial score (nSPS) is 25.6. The van der Waals surface area contributed by atoms with Gasteiger partial charge in [-0.1, -0.05) is 31.2 Å². The molecule has 2 nitrogen and oxygen atoms in total. The molecule has 0 bridgehead atoms. The molecule has 1 aliphatic heterocycles. The van der Waals surface area contributed by atoms with Crippen molar-refractivity contribution < 1.29 is 10.0 Å². The van der Waals surface area contributed by atoms with Gasteiger partial charge in [0.2, 0.25) is 0 Å². The Kier molecular flexibility index (Phi) is 3.97. The Balaban J connectivity index is 1.98. The first-order valence-corrected chi connectivity index (χ1v) is 6.31. The van der Waals surface area contributed by atoms with Crippen molar-refractivity contribution in [2.45, 2.75) is 32.9 Å². The number of hydrogen-bond acceptors (Lipinski definition) is 1. The second-order valence-electron chi connectivity index (χ2n) is 5.04. The summed E-state index contributed by atoms with van der Waals surface area (Å²) < 4.78 is 0. The van der Waals surface area contributed by atoms with Gasteiger partial charge in [-0.2, -0.15) is 0 Å². The molecule has 0 spiro atoms. The highest BCUT2D eigenvalue weighted by Gasteiger charge is 2.19. The number of nitrogens with one attached hydrogen (secondary N) is 1. The zero-order valence-corrected chi connectivity index (χ0v) is 10.1. The average Bonchev–Trinajstić information content (AvgIpc) is 2.33. The van der Waals surface area contributed by atoms with E-state index in [2.05, 4.69) is 19.1 Å². The van der Waals surface area contributed by atoms with Crippen molar-refractivity contribution in [3.05, 3.63) is 35.4 Å². The third kappa shape index (κ3) is 2.83. The van der Waals surface area contributed by atoms with Crippen LogP contribution in [0.3, 0.4) is 0 Å². The Morgan fingerprint density at radius 2 is 1.81 bits per heavy atom. The van der Waals surface area contributed by atoms with Crippen molar-refractivity contribution in [3.63, 3.8) is 0 Å². The van der Waals surface area contributed by atoms with Crippen LogP contribution in [0.15, 0.2) is 24.3 Å². The molecule has 0 radical (unpaired) electrons. The summed E-state index contributed by atoms with van der Waals surface area (Å²) in [4.78, 5) is 1.67. The maximum Gasteiger partial charge on any atom is 0.103 e. The Labute approximate surface area is 97.9 Å². The highest BCUT2D eigenvalue weighted by molar-refractivity contribution is 5.25. The molecule has 1 aliphatic rings. The monoisotopic (exact) mass is 220 g/mol. The Morgan fingerprint density at radius 1 is 1.19 bits per heavy atom. The lowest BCUT2D eigenvalue weighted by molar-refractivity contribution is -0.919. The van der Waals surface area contributed by atoms with Crippen molar-refractivity contribution in [1.82, 2.24) is 0 Å². The minimum absolute atomic E-state index is 0.167. The van der Waals surface area contributed by atoms with E-state index in [9.17, 15) is 5.11 Å². The van der Waals surface area contributed by atoms with E-state index in [-0.39, 0.29) is 6.61 Å². The van der Waals surface area contributed by atoms with Gasteiger partial charge in [0.05, 0.1) is 19.7 Å². The Hall–Kier alpha value is -0.860. The highest BCUT2D eigenvalue weighted by Crippen LogP contribution is 2.10. The van der Waals surface area contributed by atoms with Crippen molar-refractivity contribution in [2.75, 3.05) is 13.1 Å². The predicted molar refractivity (Wildman–Crippen MR) is 65.2 cm³/mol. The third-order valence-electron chi connectivity index (χ3n) is 3.71. The molecule has 0 unspecified atom stereocenters. The topological polar surface area (TPSA) is 24.7 Å². The zero-order valence-electron chi connectivity index (χ0n) is 10.1. The number of aliphatic hydroxyl groups is 1. The maximum atomic E-state index is 9.28. The first-order valence-electron chi connectivity index (χ1n) is 6.31. The molecule has 2 rings (SSSR count). The SMILES string of the molecule is CC1CC[NH+](Cc2ccccc2CO)CC1. The molecule has 1 aromatic carbocycles.